The lowest BCUT2D eigenvalue weighted by molar-refractivity contribution is -0.0893. The zero-order valence-electron chi connectivity index (χ0n) is 17.1. The molecule has 0 atom stereocenters. The van der Waals surface area contributed by atoms with Gasteiger partial charge in [0.1, 0.15) is 4.90 Å². The Bertz CT molecular complexity index is 994. The van der Waals surface area contributed by atoms with Crippen molar-refractivity contribution in [3.8, 4) is 11.5 Å². The lowest BCUT2D eigenvalue weighted by Crippen LogP contribution is -2.48. The van der Waals surface area contributed by atoms with E-state index in [1.165, 1.54) is 16.1 Å². The predicted molar refractivity (Wildman–Crippen MR) is 107 cm³/mol. The molecule has 0 amide bonds. The van der Waals surface area contributed by atoms with E-state index in [9.17, 15) is 8.42 Å². The van der Waals surface area contributed by atoms with E-state index >= 15 is 0 Å². The fourth-order valence-electron chi connectivity index (χ4n) is 4.29. The van der Waals surface area contributed by atoms with Crippen molar-refractivity contribution in [2.24, 2.45) is 0 Å². The third-order valence-corrected chi connectivity index (χ3v) is 7.80. The summed E-state index contributed by atoms with van der Waals surface area (Å²) in [6.07, 6.45) is 5.00. The second-order valence-electron chi connectivity index (χ2n) is 7.39. The van der Waals surface area contributed by atoms with Gasteiger partial charge in [-0.2, -0.15) is 9.40 Å². The van der Waals surface area contributed by atoms with Gasteiger partial charge >= 0.3 is 0 Å². The van der Waals surface area contributed by atoms with Crippen molar-refractivity contribution in [1.29, 1.82) is 0 Å². The first-order valence-corrected chi connectivity index (χ1v) is 11.3. The van der Waals surface area contributed by atoms with Crippen molar-refractivity contribution >= 4 is 10.0 Å². The predicted octanol–water partition coefficient (Wildman–Crippen LogP) is 2.17. The Morgan fingerprint density at radius 3 is 2.48 bits per heavy atom. The van der Waals surface area contributed by atoms with Crippen LogP contribution in [0.1, 0.15) is 30.9 Å². The molecule has 0 aliphatic carbocycles. The summed E-state index contributed by atoms with van der Waals surface area (Å²) in [7, 11) is -0.312. The van der Waals surface area contributed by atoms with Crippen LogP contribution in [0.15, 0.2) is 29.4 Å². The fourth-order valence-corrected chi connectivity index (χ4v) is 5.68. The molecule has 1 fully saturated rings. The molecular formula is C20H27N3O5S. The summed E-state index contributed by atoms with van der Waals surface area (Å²) in [4.78, 5) is 0.242. The van der Waals surface area contributed by atoms with Gasteiger partial charge in [0.25, 0.3) is 0 Å². The molecule has 1 aromatic carbocycles. The largest absolute Gasteiger partial charge is 0.493 e. The SMILES string of the molecule is CCn1cc(S(=O)(=O)N2CCC3(CC2)OCCc2cc(OC)c(OC)cc23)cn1. The van der Waals surface area contributed by atoms with E-state index in [0.717, 1.165) is 12.0 Å². The molecule has 9 heteroatoms. The van der Waals surface area contributed by atoms with Crippen molar-refractivity contribution in [2.75, 3.05) is 33.9 Å². The van der Waals surface area contributed by atoms with Crippen molar-refractivity contribution < 1.29 is 22.6 Å². The zero-order chi connectivity index (χ0) is 20.6. The van der Waals surface area contributed by atoms with Crippen LogP contribution >= 0.6 is 0 Å². The summed E-state index contributed by atoms with van der Waals surface area (Å²) in [5, 5.41) is 4.10. The average Bonchev–Trinajstić information content (AvgIpc) is 3.24. The number of nitrogens with zero attached hydrogens (tertiary/aromatic N) is 3. The molecule has 0 radical (unpaired) electrons. The molecule has 3 heterocycles. The molecule has 2 aliphatic heterocycles. The standard InChI is InChI=1S/C20H27N3O5S/c1-4-22-14-16(13-21-22)29(24,25)23-8-6-20(7-9-23)17-12-19(27-3)18(26-2)11-15(17)5-10-28-20/h11-14H,4-10H2,1-3H3. The Kier molecular flexibility index (Phi) is 5.30. The summed E-state index contributed by atoms with van der Waals surface area (Å²) in [6.45, 7) is 3.96. The Morgan fingerprint density at radius 2 is 1.86 bits per heavy atom. The number of aromatic nitrogens is 2. The van der Waals surface area contributed by atoms with E-state index in [1.54, 1.807) is 25.1 Å². The molecule has 0 bridgehead atoms. The number of aryl methyl sites for hydroxylation is 1. The third kappa shape index (κ3) is 3.41. The molecule has 0 saturated carbocycles. The van der Waals surface area contributed by atoms with Crippen molar-refractivity contribution in [3.63, 3.8) is 0 Å². The number of hydrogen-bond acceptors (Lipinski definition) is 6. The Labute approximate surface area is 171 Å². The van der Waals surface area contributed by atoms with Crippen LogP contribution in [0.2, 0.25) is 0 Å². The normalized spacial score (nSPS) is 19.1. The van der Waals surface area contributed by atoms with E-state index in [2.05, 4.69) is 5.10 Å². The monoisotopic (exact) mass is 421 g/mol. The third-order valence-electron chi connectivity index (χ3n) is 5.95. The van der Waals surface area contributed by atoms with Crippen LogP contribution in [0.5, 0.6) is 11.5 Å². The Hall–Kier alpha value is -2.10. The lowest BCUT2D eigenvalue weighted by atomic mass is 9.79. The van der Waals surface area contributed by atoms with E-state index in [0.29, 0.717) is 50.6 Å². The maximum Gasteiger partial charge on any atom is 0.246 e. The van der Waals surface area contributed by atoms with Crippen molar-refractivity contribution in [3.05, 3.63) is 35.7 Å². The summed E-state index contributed by atoms with van der Waals surface area (Å²) >= 11 is 0. The zero-order valence-corrected chi connectivity index (χ0v) is 17.9. The first-order valence-electron chi connectivity index (χ1n) is 9.85. The van der Waals surface area contributed by atoms with Crippen LogP contribution in [0.4, 0.5) is 0 Å². The number of benzene rings is 1. The molecule has 29 heavy (non-hydrogen) atoms. The van der Waals surface area contributed by atoms with Gasteiger partial charge in [-0.1, -0.05) is 0 Å². The first-order chi connectivity index (χ1) is 13.9. The summed E-state index contributed by atoms with van der Waals surface area (Å²) in [6, 6.07) is 4.00. The highest BCUT2D eigenvalue weighted by Gasteiger charge is 2.44. The van der Waals surface area contributed by atoms with Gasteiger partial charge in [0.15, 0.2) is 11.5 Å². The molecule has 0 N–H and O–H groups in total. The minimum absolute atomic E-state index is 0.242. The van der Waals surface area contributed by atoms with Gasteiger partial charge in [-0.05, 0) is 49.4 Å². The number of piperidine rings is 1. The molecule has 158 valence electrons. The van der Waals surface area contributed by atoms with Gasteiger partial charge in [-0.3, -0.25) is 4.68 Å². The first kappa shape index (κ1) is 20.2. The molecule has 1 spiro atoms. The highest BCUT2D eigenvalue weighted by atomic mass is 32.2. The molecule has 2 aliphatic rings. The van der Waals surface area contributed by atoms with Crippen LogP contribution in [-0.4, -0.2) is 56.4 Å². The van der Waals surface area contributed by atoms with E-state index < -0.39 is 15.6 Å². The molecule has 1 aromatic heterocycles. The van der Waals surface area contributed by atoms with E-state index in [-0.39, 0.29) is 4.90 Å². The Morgan fingerprint density at radius 1 is 1.17 bits per heavy atom. The highest BCUT2D eigenvalue weighted by Crippen LogP contribution is 2.45. The minimum atomic E-state index is -3.56. The second kappa shape index (κ2) is 7.62. The molecular weight excluding hydrogens is 394 g/mol. The maximum atomic E-state index is 13.0. The van der Waals surface area contributed by atoms with Crippen LogP contribution in [0, 0.1) is 0 Å². The second-order valence-corrected chi connectivity index (χ2v) is 9.33. The van der Waals surface area contributed by atoms with Gasteiger partial charge in [0.05, 0.1) is 32.6 Å². The topological polar surface area (TPSA) is 82.9 Å². The number of rotatable bonds is 5. The van der Waals surface area contributed by atoms with Crippen LogP contribution in [0.3, 0.4) is 0 Å². The number of ether oxygens (including phenoxy) is 3. The van der Waals surface area contributed by atoms with Gasteiger partial charge in [-0.25, -0.2) is 8.42 Å². The van der Waals surface area contributed by atoms with Gasteiger partial charge in [0, 0.05) is 25.8 Å². The lowest BCUT2D eigenvalue weighted by Gasteiger charge is -2.44. The van der Waals surface area contributed by atoms with Crippen molar-refractivity contribution in [1.82, 2.24) is 14.1 Å². The summed E-state index contributed by atoms with van der Waals surface area (Å²) in [5.41, 5.74) is 1.76. The van der Waals surface area contributed by atoms with Crippen LogP contribution < -0.4 is 9.47 Å². The highest BCUT2D eigenvalue weighted by molar-refractivity contribution is 7.89. The maximum absolute atomic E-state index is 13.0. The minimum Gasteiger partial charge on any atom is -0.493 e. The number of fused-ring (bicyclic) bond motifs is 2. The molecule has 4 rings (SSSR count). The van der Waals surface area contributed by atoms with E-state index in [1.807, 2.05) is 19.1 Å². The Balaban J connectivity index is 1.60. The van der Waals surface area contributed by atoms with Gasteiger partial charge in [0.2, 0.25) is 10.0 Å². The van der Waals surface area contributed by atoms with Crippen LogP contribution in [0.25, 0.3) is 0 Å². The number of methoxy groups -OCH3 is 2. The number of hydrogen-bond donors (Lipinski definition) is 0. The number of sulfonamides is 1. The molecule has 1 saturated heterocycles. The van der Waals surface area contributed by atoms with Gasteiger partial charge < -0.3 is 14.2 Å². The average molecular weight is 422 g/mol. The van der Waals surface area contributed by atoms with Crippen LogP contribution in [-0.2, 0) is 33.3 Å². The summed E-state index contributed by atoms with van der Waals surface area (Å²) < 4.78 is 46.4. The quantitative estimate of drug-likeness (QED) is 0.736. The molecule has 0 unspecified atom stereocenters. The molecule has 8 nitrogen and oxygen atoms in total. The summed E-state index contributed by atoms with van der Waals surface area (Å²) in [5.74, 6) is 1.37. The smallest absolute Gasteiger partial charge is 0.246 e. The fraction of sp³-hybridized carbons (Fsp3) is 0.550. The van der Waals surface area contributed by atoms with E-state index in [4.69, 9.17) is 14.2 Å². The van der Waals surface area contributed by atoms with Crippen molar-refractivity contribution in [2.45, 2.75) is 43.2 Å². The molecule has 2 aromatic rings. The van der Waals surface area contributed by atoms with Gasteiger partial charge in [-0.15, -0.1) is 0 Å².